The summed E-state index contributed by atoms with van der Waals surface area (Å²) in [7, 11) is 1.62. The molecule has 18 heavy (non-hydrogen) atoms. The van der Waals surface area contributed by atoms with Gasteiger partial charge in [-0.1, -0.05) is 18.2 Å². The number of anilines is 1. The second kappa shape index (κ2) is 5.98. The molecule has 1 aliphatic rings. The van der Waals surface area contributed by atoms with Crippen molar-refractivity contribution in [2.45, 2.75) is 25.3 Å². The maximum atomic E-state index is 12.1. The van der Waals surface area contributed by atoms with Crippen LogP contribution in [0.2, 0.25) is 0 Å². The minimum absolute atomic E-state index is 0.148. The second-order valence-corrected chi connectivity index (χ2v) is 4.70. The monoisotopic (exact) mass is 248 g/mol. The van der Waals surface area contributed by atoms with Gasteiger partial charge in [-0.15, -0.1) is 0 Å². The number of nitrogens with zero attached hydrogens (tertiary/aromatic N) is 1. The van der Waals surface area contributed by atoms with E-state index < -0.39 is 0 Å². The number of benzene rings is 1. The Hall–Kier alpha value is -1.39. The van der Waals surface area contributed by atoms with Crippen LogP contribution in [0.5, 0.6) is 0 Å². The molecule has 1 aromatic carbocycles. The van der Waals surface area contributed by atoms with Gasteiger partial charge in [-0.3, -0.25) is 4.79 Å². The van der Waals surface area contributed by atoms with Crippen LogP contribution in [-0.2, 0) is 16.0 Å². The fourth-order valence-corrected chi connectivity index (χ4v) is 2.39. The number of carbonyl (C=O) groups is 1. The van der Waals surface area contributed by atoms with E-state index in [9.17, 15) is 4.79 Å². The molecule has 0 saturated heterocycles. The molecule has 98 valence electrons. The van der Waals surface area contributed by atoms with Gasteiger partial charge in [0, 0.05) is 31.8 Å². The number of ether oxygens (including phenoxy) is 1. The van der Waals surface area contributed by atoms with E-state index in [4.69, 9.17) is 10.5 Å². The van der Waals surface area contributed by atoms with Crippen LogP contribution in [0.3, 0.4) is 0 Å². The van der Waals surface area contributed by atoms with Crippen molar-refractivity contribution < 1.29 is 9.53 Å². The number of fused-ring (bicyclic) bond motifs is 1. The summed E-state index contributed by atoms with van der Waals surface area (Å²) in [5, 5.41) is 0. The Balaban J connectivity index is 2.22. The Morgan fingerprint density at radius 2 is 2.17 bits per heavy atom. The number of carbonyl (C=O) groups excluding carboxylic acids is 1. The summed E-state index contributed by atoms with van der Waals surface area (Å²) in [6.07, 6.45) is 2.46. The molecule has 4 nitrogen and oxygen atoms in total. The molecule has 0 fully saturated rings. The van der Waals surface area contributed by atoms with Crippen molar-refractivity contribution >= 4 is 11.6 Å². The normalized spacial score (nSPS) is 17.2. The first-order valence-electron chi connectivity index (χ1n) is 6.35. The average molecular weight is 248 g/mol. The van der Waals surface area contributed by atoms with Crippen molar-refractivity contribution in [1.82, 2.24) is 0 Å². The highest BCUT2D eigenvalue weighted by Crippen LogP contribution is 2.26. The molecule has 1 amide bonds. The summed E-state index contributed by atoms with van der Waals surface area (Å²) in [5.74, 6) is 0.159. The predicted molar refractivity (Wildman–Crippen MR) is 71.6 cm³/mol. The van der Waals surface area contributed by atoms with E-state index >= 15 is 0 Å². The van der Waals surface area contributed by atoms with Crippen LogP contribution >= 0.6 is 0 Å². The van der Waals surface area contributed by atoms with Crippen molar-refractivity contribution in [2.24, 2.45) is 5.73 Å². The van der Waals surface area contributed by atoms with Crippen LogP contribution in [0.15, 0.2) is 24.3 Å². The summed E-state index contributed by atoms with van der Waals surface area (Å²) in [5.41, 5.74) is 8.20. The van der Waals surface area contributed by atoms with Crippen molar-refractivity contribution in [1.29, 1.82) is 0 Å². The quantitative estimate of drug-likeness (QED) is 0.874. The van der Waals surface area contributed by atoms with E-state index in [1.165, 1.54) is 5.56 Å². The molecule has 1 atom stereocenters. The van der Waals surface area contributed by atoms with E-state index in [2.05, 4.69) is 6.07 Å². The molecule has 1 unspecified atom stereocenters. The van der Waals surface area contributed by atoms with Gasteiger partial charge >= 0.3 is 0 Å². The number of hydrogen-bond acceptors (Lipinski definition) is 3. The number of para-hydroxylation sites is 1. The predicted octanol–water partition coefficient (Wildman–Crippen LogP) is 1.33. The Kier molecular flexibility index (Phi) is 4.33. The van der Waals surface area contributed by atoms with Gasteiger partial charge in [0.2, 0.25) is 5.91 Å². The molecule has 0 radical (unpaired) electrons. The SMILES string of the molecule is COCC(N)CN1C(=O)CCCc2ccccc21. The fraction of sp³-hybridized carbons (Fsp3) is 0.500. The van der Waals surface area contributed by atoms with Gasteiger partial charge in [-0.05, 0) is 24.5 Å². The zero-order valence-corrected chi connectivity index (χ0v) is 10.8. The van der Waals surface area contributed by atoms with Gasteiger partial charge in [0.15, 0.2) is 0 Å². The van der Waals surface area contributed by atoms with E-state index in [-0.39, 0.29) is 11.9 Å². The molecule has 0 aromatic heterocycles. The lowest BCUT2D eigenvalue weighted by atomic mass is 10.1. The van der Waals surface area contributed by atoms with Gasteiger partial charge in [0.05, 0.1) is 6.61 Å². The number of aryl methyl sites for hydroxylation is 1. The van der Waals surface area contributed by atoms with Crippen LogP contribution in [0.4, 0.5) is 5.69 Å². The summed E-state index contributed by atoms with van der Waals surface area (Å²) in [6.45, 7) is 0.982. The van der Waals surface area contributed by atoms with Crippen LogP contribution in [-0.4, -0.2) is 32.2 Å². The van der Waals surface area contributed by atoms with Crippen LogP contribution in [0.25, 0.3) is 0 Å². The maximum absolute atomic E-state index is 12.1. The highest BCUT2D eigenvalue weighted by Gasteiger charge is 2.23. The van der Waals surface area contributed by atoms with Crippen molar-refractivity contribution in [3.05, 3.63) is 29.8 Å². The first-order valence-corrected chi connectivity index (χ1v) is 6.35. The molecule has 2 N–H and O–H groups in total. The molecule has 1 aromatic rings. The van der Waals surface area contributed by atoms with Gasteiger partial charge in [0.25, 0.3) is 0 Å². The minimum atomic E-state index is -0.148. The molecule has 2 rings (SSSR count). The third kappa shape index (κ3) is 2.89. The topological polar surface area (TPSA) is 55.6 Å². The highest BCUT2D eigenvalue weighted by molar-refractivity contribution is 5.94. The first-order chi connectivity index (χ1) is 8.72. The lowest BCUT2D eigenvalue weighted by Gasteiger charge is -2.26. The molecule has 1 heterocycles. The van der Waals surface area contributed by atoms with Crippen molar-refractivity contribution in [2.75, 3.05) is 25.2 Å². The zero-order chi connectivity index (χ0) is 13.0. The van der Waals surface area contributed by atoms with Gasteiger partial charge in [-0.25, -0.2) is 0 Å². The molecule has 0 saturated carbocycles. The smallest absolute Gasteiger partial charge is 0.227 e. The van der Waals surface area contributed by atoms with Crippen molar-refractivity contribution in [3.63, 3.8) is 0 Å². The molecule has 0 bridgehead atoms. The van der Waals surface area contributed by atoms with Crippen molar-refractivity contribution in [3.8, 4) is 0 Å². The fourth-order valence-electron chi connectivity index (χ4n) is 2.39. The summed E-state index contributed by atoms with van der Waals surface area (Å²) >= 11 is 0. The number of hydrogen-bond donors (Lipinski definition) is 1. The lowest BCUT2D eigenvalue weighted by Crippen LogP contribution is -2.43. The van der Waals surface area contributed by atoms with Crippen LogP contribution in [0.1, 0.15) is 18.4 Å². The number of nitrogens with two attached hydrogens (primary N) is 1. The number of rotatable bonds is 4. The Bertz CT molecular complexity index is 420. The first kappa shape index (κ1) is 13.1. The summed E-state index contributed by atoms with van der Waals surface area (Å²) < 4.78 is 5.04. The van der Waals surface area contributed by atoms with Crippen LogP contribution in [0, 0.1) is 0 Å². The maximum Gasteiger partial charge on any atom is 0.227 e. The Morgan fingerprint density at radius 3 is 2.94 bits per heavy atom. The number of methoxy groups -OCH3 is 1. The molecular weight excluding hydrogens is 228 g/mol. The van der Waals surface area contributed by atoms with Gasteiger partial charge in [0.1, 0.15) is 0 Å². The number of amides is 1. The molecule has 0 aliphatic carbocycles. The summed E-state index contributed by atoms with van der Waals surface area (Å²) in [4.78, 5) is 14.0. The molecule has 0 spiro atoms. The Labute approximate surface area is 108 Å². The van der Waals surface area contributed by atoms with E-state index in [1.54, 1.807) is 7.11 Å². The third-order valence-corrected chi connectivity index (χ3v) is 3.22. The van der Waals surface area contributed by atoms with E-state index in [0.717, 1.165) is 18.5 Å². The summed E-state index contributed by atoms with van der Waals surface area (Å²) in [6, 6.07) is 7.92. The lowest BCUT2D eigenvalue weighted by molar-refractivity contribution is -0.118. The van der Waals surface area contributed by atoms with Crippen LogP contribution < -0.4 is 10.6 Å². The molecular formula is C14H20N2O2. The molecule has 4 heteroatoms. The van der Waals surface area contributed by atoms with E-state index in [0.29, 0.717) is 19.6 Å². The highest BCUT2D eigenvalue weighted by atomic mass is 16.5. The van der Waals surface area contributed by atoms with Gasteiger partial charge in [-0.2, -0.15) is 0 Å². The average Bonchev–Trinajstić information content (AvgIpc) is 2.51. The van der Waals surface area contributed by atoms with Gasteiger partial charge < -0.3 is 15.4 Å². The largest absolute Gasteiger partial charge is 0.383 e. The molecule has 1 aliphatic heterocycles. The van der Waals surface area contributed by atoms with E-state index in [1.807, 2.05) is 23.1 Å². The third-order valence-electron chi connectivity index (χ3n) is 3.22. The minimum Gasteiger partial charge on any atom is -0.383 e. The zero-order valence-electron chi connectivity index (χ0n) is 10.8. The Morgan fingerprint density at radius 1 is 1.39 bits per heavy atom. The standard InChI is InChI=1S/C14H20N2O2/c1-18-10-12(15)9-16-13-7-3-2-5-11(13)6-4-8-14(16)17/h2-3,5,7,12H,4,6,8-10,15H2,1H3. The second-order valence-electron chi connectivity index (χ2n) is 4.70.